The number of ether oxygens (including phenoxy) is 3. The Bertz CT molecular complexity index is 731. The van der Waals surface area contributed by atoms with Gasteiger partial charge in [-0.25, -0.2) is 0 Å². The number of hydrogen-bond donors (Lipinski definition) is 0. The van der Waals surface area contributed by atoms with Crippen LogP contribution in [0.15, 0.2) is 22.1 Å². The zero-order valence-corrected chi connectivity index (χ0v) is 16.6. The minimum absolute atomic E-state index is 0.414. The summed E-state index contributed by atoms with van der Waals surface area (Å²) >= 11 is 2.60. The molecule has 1 fully saturated rings. The molecular formula is C17H20N2O5S2. The van der Waals surface area contributed by atoms with Crippen molar-refractivity contribution < 1.29 is 23.8 Å². The van der Waals surface area contributed by atoms with E-state index >= 15 is 0 Å². The van der Waals surface area contributed by atoms with Crippen LogP contribution in [0.1, 0.15) is 6.92 Å². The maximum absolute atomic E-state index is 13.0. The fourth-order valence-electron chi connectivity index (χ4n) is 4.07. The van der Waals surface area contributed by atoms with Gasteiger partial charge in [0.15, 0.2) is 4.75 Å². The summed E-state index contributed by atoms with van der Waals surface area (Å²) in [5.74, 6) is -2.17. The molecule has 4 bridgehead atoms. The number of thioether (sulfide) groups is 2. The first-order valence-electron chi connectivity index (χ1n) is 8.13. The molecule has 26 heavy (non-hydrogen) atoms. The minimum atomic E-state index is -1.21. The Morgan fingerprint density at radius 3 is 2.65 bits per heavy atom. The standard InChI is InChI=1S/C17H20N2O5S2/c1-5-24-13-9-6-7-11-17(16(21)23-3,12(9)14(20)22-2)26-15(25-4)10(8-18)19(11)13/h6-7,9,11-13H,5H2,1-4H3. The maximum Gasteiger partial charge on any atom is 0.325 e. The Balaban J connectivity index is 2.28. The average Bonchev–Trinajstić information content (AvgIpc) is 2.68. The predicted octanol–water partition coefficient (Wildman–Crippen LogP) is 1.72. The van der Waals surface area contributed by atoms with Crippen molar-refractivity contribution in [1.82, 2.24) is 4.90 Å². The molecule has 3 heterocycles. The third kappa shape index (κ3) is 2.39. The first kappa shape index (κ1) is 19.1. The van der Waals surface area contributed by atoms with E-state index in [-0.39, 0.29) is 0 Å². The van der Waals surface area contributed by atoms with Gasteiger partial charge in [0.1, 0.15) is 18.0 Å². The molecule has 1 saturated heterocycles. The highest BCUT2D eigenvalue weighted by Crippen LogP contribution is 2.61. The van der Waals surface area contributed by atoms with Crippen molar-refractivity contribution in [1.29, 1.82) is 5.26 Å². The summed E-state index contributed by atoms with van der Waals surface area (Å²) < 4.78 is 15.5. The van der Waals surface area contributed by atoms with E-state index in [1.807, 2.05) is 30.2 Å². The van der Waals surface area contributed by atoms with Crippen LogP contribution in [-0.4, -0.2) is 60.9 Å². The van der Waals surface area contributed by atoms with Gasteiger partial charge in [0.25, 0.3) is 0 Å². The Kier molecular flexibility index (Phi) is 5.28. The third-order valence-corrected chi connectivity index (χ3v) is 7.70. The summed E-state index contributed by atoms with van der Waals surface area (Å²) in [6.45, 7) is 2.27. The molecule has 4 rings (SSSR count). The molecule has 0 radical (unpaired) electrons. The van der Waals surface area contributed by atoms with Crippen LogP contribution in [0, 0.1) is 23.2 Å². The van der Waals surface area contributed by atoms with E-state index in [0.29, 0.717) is 16.5 Å². The number of esters is 2. The van der Waals surface area contributed by atoms with Crippen molar-refractivity contribution in [3.63, 3.8) is 0 Å². The van der Waals surface area contributed by atoms with Gasteiger partial charge in [-0.1, -0.05) is 23.9 Å². The predicted molar refractivity (Wildman–Crippen MR) is 97.7 cm³/mol. The van der Waals surface area contributed by atoms with Gasteiger partial charge in [0.05, 0.1) is 30.4 Å². The van der Waals surface area contributed by atoms with Crippen molar-refractivity contribution in [3.8, 4) is 6.07 Å². The molecule has 1 aliphatic carbocycles. The molecule has 4 aliphatic rings. The topological polar surface area (TPSA) is 88.9 Å². The van der Waals surface area contributed by atoms with Gasteiger partial charge in [-0.05, 0) is 13.2 Å². The number of carbonyl (C=O) groups excluding carboxylic acids is 2. The molecule has 7 nitrogen and oxygen atoms in total. The summed E-state index contributed by atoms with van der Waals surface area (Å²) in [6.07, 6.45) is 5.08. The van der Waals surface area contributed by atoms with E-state index in [4.69, 9.17) is 14.2 Å². The lowest BCUT2D eigenvalue weighted by Crippen LogP contribution is -2.74. The Morgan fingerprint density at radius 1 is 1.38 bits per heavy atom. The van der Waals surface area contributed by atoms with Gasteiger partial charge >= 0.3 is 11.9 Å². The van der Waals surface area contributed by atoms with Crippen LogP contribution >= 0.6 is 23.5 Å². The fraction of sp³-hybridized carbons (Fsp3) is 0.588. The molecule has 0 spiro atoms. The van der Waals surface area contributed by atoms with Gasteiger partial charge in [-0.3, -0.25) is 9.59 Å². The van der Waals surface area contributed by atoms with Crippen LogP contribution in [0.4, 0.5) is 0 Å². The molecular weight excluding hydrogens is 376 g/mol. The first-order chi connectivity index (χ1) is 12.5. The van der Waals surface area contributed by atoms with Gasteiger partial charge in [-0.15, -0.1) is 11.8 Å². The molecule has 9 heteroatoms. The lowest BCUT2D eigenvalue weighted by Gasteiger charge is -2.61. The molecule has 0 saturated carbocycles. The lowest BCUT2D eigenvalue weighted by molar-refractivity contribution is -0.181. The van der Waals surface area contributed by atoms with Crippen LogP contribution in [0.25, 0.3) is 0 Å². The summed E-state index contributed by atoms with van der Waals surface area (Å²) in [5.41, 5.74) is 0.461. The second kappa shape index (κ2) is 7.18. The second-order valence-corrected chi connectivity index (χ2v) is 8.36. The van der Waals surface area contributed by atoms with Crippen LogP contribution in [-0.2, 0) is 23.8 Å². The number of methoxy groups -OCH3 is 2. The zero-order chi connectivity index (χ0) is 19.1. The summed E-state index contributed by atoms with van der Waals surface area (Å²) in [6, 6.07) is 1.72. The van der Waals surface area contributed by atoms with E-state index in [1.54, 1.807) is 0 Å². The highest BCUT2D eigenvalue weighted by molar-refractivity contribution is 8.23. The number of allylic oxidation sites excluding steroid dienone is 1. The minimum Gasteiger partial charge on any atom is -0.469 e. The highest BCUT2D eigenvalue weighted by atomic mass is 32.2. The van der Waals surface area contributed by atoms with Crippen molar-refractivity contribution in [3.05, 3.63) is 22.1 Å². The van der Waals surface area contributed by atoms with Gasteiger partial charge in [-0.2, -0.15) is 5.26 Å². The van der Waals surface area contributed by atoms with Gasteiger partial charge < -0.3 is 19.1 Å². The molecule has 0 N–H and O–H groups in total. The SMILES string of the molecule is CCOC1C2C=CC3N1C(C#N)=C(SC)SC3(C(=O)OC)C2C(=O)OC. The molecule has 140 valence electrons. The number of rotatable bonds is 5. The Labute approximate surface area is 160 Å². The van der Waals surface area contributed by atoms with E-state index < -0.39 is 40.8 Å². The molecule has 0 amide bonds. The van der Waals surface area contributed by atoms with Gasteiger partial charge in [0, 0.05) is 12.5 Å². The van der Waals surface area contributed by atoms with Crippen molar-refractivity contribution >= 4 is 35.5 Å². The highest BCUT2D eigenvalue weighted by Gasteiger charge is 2.70. The second-order valence-electron chi connectivity index (χ2n) is 6.00. The van der Waals surface area contributed by atoms with E-state index in [9.17, 15) is 14.9 Å². The summed E-state index contributed by atoms with van der Waals surface area (Å²) in [4.78, 5) is 27.5. The van der Waals surface area contributed by atoms with Crippen LogP contribution in [0.3, 0.4) is 0 Å². The summed E-state index contributed by atoms with van der Waals surface area (Å²) in [7, 11) is 2.62. The largest absolute Gasteiger partial charge is 0.469 e. The average molecular weight is 396 g/mol. The first-order valence-corrected chi connectivity index (χ1v) is 10.2. The number of hydrogen-bond acceptors (Lipinski definition) is 9. The molecule has 5 atom stereocenters. The normalized spacial score (nSPS) is 34.5. The van der Waals surface area contributed by atoms with Crippen LogP contribution in [0.2, 0.25) is 0 Å². The molecule has 0 aromatic carbocycles. The van der Waals surface area contributed by atoms with E-state index in [2.05, 4.69) is 6.07 Å². The lowest BCUT2D eigenvalue weighted by atomic mass is 9.66. The maximum atomic E-state index is 13.0. The zero-order valence-electron chi connectivity index (χ0n) is 14.9. The van der Waals surface area contributed by atoms with Gasteiger partial charge in [0.2, 0.25) is 0 Å². The van der Waals surface area contributed by atoms with Crippen LogP contribution in [0.5, 0.6) is 0 Å². The smallest absolute Gasteiger partial charge is 0.325 e. The van der Waals surface area contributed by atoms with Crippen molar-refractivity contribution in [2.45, 2.75) is 23.9 Å². The summed E-state index contributed by atoms with van der Waals surface area (Å²) in [5, 5.41) is 9.76. The number of nitriles is 1. The van der Waals surface area contributed by atoms with Crippen molar-refractivity contribution in [2.24, 2.45) is 11.8 Å². The molecule has 0 aromatic heterocycles. The van der Waals surface area contributed by atoms with E-state index in [1.165, 1.54) is 37.7 Å². The van der Waals surface area contributed by atoms with E-state index in [0.717, 1.165) is 0 Å². The molecule has 5 unspecified atom stereocenters. The van der Waals surface area contributed by atoms with Crippen LogP contribution < -0.4 is 0 Å². The Hall–Kier alpha value is -1.63. The molecule has 3 aliphatic heterocycles. The van der Waals surface area contributed by atoms with Crippen molar-refractivity contribution in [2.75, 3.05) is 27.1 Å². The Morgan fingerprint density at radius 2 is 2.12 bits per heavy atom. The third-order valence-electron chi connectivity index (χ3n) is 5.01. The number of carbonyl (C=O) groups is 2. The number of piperidine rings is 1. The monoisotopic (exact) mass is 396 g/mol. The fourth-order valence-corrected chi connectivity index (χ4v) is 6.58. The number of nitrogens with zero attached hydrogens (tertiary/aromatic N) is 2. The molecule has 0 aromatic rings. The quantitative estimate of drug-likeness (QED) is 0.509.